The topological polar surface area (TPSA) is 42.9 Å². The molecule has 0 aromatic carbocycles. The number of rotatable bonds is 5. The highest BCUT2D eigenvalue weighted by Crippen LogP contribution is 2.28. The second-order valence-electron chi connectivity index (χ2n) is 5.94. The molecule has 2 aliphatic rings. The van der Waals surface area contributed by atoms with Gasteiger partial charge >= 0.3 is 0 Å². The van der Waals surface area contributed by atoms with E-state index in [-0.39, 0.29) is 24.0 Å². The van der Waals surface area contributed by atoms with Crippen molar-refractivity contribution in [3.63, 3.8) is 0 Å². The van der Waals surface area contributed by atoms with E-state index in [1.807, 2.05) is 0 Å². The Morgan fingerprint density at radius 2 is 1.95 bits per heavy atom. The van der Waals surface area contributed by atoms with Crippen LogP contribution in [0.5, 0.6) is 0 Å². The number of nitrogens with zero attached hydrogens (tertiary/aromatic N) is 3. The summed E-state index contributed by atoms with van der Waals surface area (Å²) in [7, 11) is 4.42. The van der Waals surface area contributed by atoms with Crippen molar-refractivity contribution >= 4 is 29.9 Å². The number of guanidine groups is 1. The van der Waals surface area contributed by atoms with Crippen LogP contribution < -0.4 is 10.6 Å². The summed E-state index contributed by atoms with van der Waals surface area (Å²) >= 11 is 0. The van der Waals surface area contributed by atoms with Crippen molar-refractivity contribution in [2.24, 2.45) is 10.9 Å². The van der Waals surface area contributed by atoms with Crippen LogP contribution in [0.15, 0.2) is 4.99 Å². The van der Waals surface area contributed by atoms with E-state index in [0.717, 1.165) is 44.6 Å². The van der Waals surface area contributed by atoms with E-state index < -0.39 is 0 Å². The summed E-state index contributed by atoms with van der Waals surface area (Å²) in [5, 5.41) is 6.83. The highest BCUT2D eigenvalue weighted by Gasteiger charge is 2.23. The molecule has 1 atom stereocenters. The molecule has 1 saturated carbocycles. The number of hydrogen-bond acceptors (Lipinski definition) is 3. The van der Waals surface area contributed by atoms with Gasteiger partial charge in [0.05, 0.1) is 0 Å². The Hall–Kier alpha value is -0.0800. The number of likely N-dealkylation sites (N-methyl/N-ethyl adjacent to an activating group) is 2. The molecule has 0 radical (unpaired) electrons. The third kappa shape index (κ3) is 6.13. The maximum Gasteiger partial charge on any atom is 0.191 e. The molecule has 2 fully saturated rings. The van der Waals surface area contributed by atoms with Gasteiger partial charge in [-0.1, -0.05) is 0 Å². The van der Waals surface area contributed by atoms with Crippen molar-refractivity contribution in [2.75, 3.05) is 53.4 Å². The first-order valence-electron chi connectivity index (χ1n) is 7.60. The van der Waals surface area contributed by atoms with Crippen molar-refractivity contribution in [2.45, 2.75) is 25.8 Å². The number of aliphatic imine (C=N–C) groups is 1. The van der Waals surface area contributed by atoms with Gasteiger partial charge in [-0.2, -0.15) is 0 Å². The second kappa shape index (κ2) is 9.04. The molecule has 1 aliphatic carbocycles. The van der Waals surface area contributed by atoms with Gasteiger partial charge in [-0.25, -0.2) is 0 Å². The fraction of sp³-hybridized carbons (Fsp3) is 0.929. The number of hydrogen-bond donors (Lipinski definition) is 2. The summed E-state index contributed by atoms with van der Waals surface area (Å²) in [6.45, 7) is 8.45. The molecule has 20 heavy (non-hydrogen) atoms. The Morgan fingerprint density at radius 3 is 2.60 bits per heavy atom. The molecule has 1 saturated heterocycles. The van der Waals surface area contributed by atoms with E-state index >= 15 is 0 Å². The van der Waals surface area contributed by atoms with E-state index in [4.69, 9.17) is 0 Å². The molecule has 0 spiro atoms. The molecule has 2 N–H and O–H groups in total. The third-order valence-electron chi connectivity index (χ3n) is 4.03. The predicted octanol–water partition coefficient (Wildman–Crippen LogP) is 0.815. The smallest absolute Gasteiger partial charge is 0.191 e. The first kappa shape index (κ1) is 18.0. The van der Waals surface area contributed by atoms with Crippen LogP contribution in [-0.4, -0.2) is 75.2 Å². The molecule has 0 bridgehead atoms. The molecule has 1 aliphatic heterocycles. The van der Waals surface area contributed by atoms with Gasteiger partial charge in [-0.05, 0) is 39.8 Å². The van der Waals surface area contributed by atoms with Crippen LogP contribution in [0.1, 0.15) is 19.8 Å². The first-order chi connectivity index (χ1) is 9.19. The van der Waals surface area contributed by atoms with Crippen LogP contribution in [0, 0.1) is 5.92 Å². The summed E-state index contributed by atoms with van der Waals surface area (Å²) in [4.78, 5) is 9.51. The van der Waals surface area contributed by atoms with Gasteiger partial charge in [-0.15, -0.1) is 24.0 Å². The maximum atomic E-state index is 4.67. The molecular weight excluding hydrogens is 365 g/mol. The molecule has 0 aromatic rings. The van der Waals surface area contributed by atoms with Crippen molar-refractivity contribution in [3.05, 3.63) is 0 Å². The van der Waals surface area contributed by atoms with Gasteiger partial charge in [0, 0.05) is 45.3 Å². The summed E-state index contributed by atoms with van der Waals surface area (Å²) in [6.07, 6.45) is 2.72. The van der Waals surface area contributed by atoms with Crippen LogP contribution in [0.2, 0.25) is 0 Å². The van der Waals surface area contributed by atoms with Gasteiger partial charge < -0.3 is 15.5 Å². The summed E-state index contributed by atoms with van der Waals surface area (Å²) in [5.74, 6) is 1.83. The molecule has 0 amide bonds. The first-order valence-corrected chi connectivity index (χ1v) is 7.60. The average Bonchev–Trinajstić information content (AvgIpc) is 3.20. The Balaban J connectivity index is 0.00000200. The Kier molecular flexibility index (Phi) is 8.13. The molecule has 1 heterocycles. The molecule has 118 valence electrons. The monoisotopic (exact) mass is 395 g/mol. The van der Waals surface area contributed by atoms with E-state index in [1.165, 1.54) is 19.4 Å². The van der Waals surface area contributed by atoms with Crippen molar-refractivity contribution in [1.82, 2.24) is 20.4 Å². The third-order valence-corrected chi connectivity index (χ3v) is 4.03. The molecule has 6 heteroatoms. The zero-order valence-electron chi connectivity index (χ0n) is 13.1. The van der Waals surface area contributed by atoms with Gasteiger partial charge in [0.15, 0.2) is 5.96 Å². The summed E-state index contributed by atoms with van der Waals surface area (Å²) < 4.78 is 0. The van der Waals surface area contributed by atoms with Crippen molar-refractivity contribution in [1.29, 1.82) is 0 Å². The Morgan fingerprint density at radius 1 is 1.20 bits per heavy atom. The lowest BCUT2D eigenvalue weighted by molar-refractivity contribution is 0.116. The number of nitrogens with one attached hydrogen (secondary N) is 2. The fourth-order valence-corrected chi connectivity index (χ4v) is 2.40. The van der Waals surface area contributed by atoms with Crippen LogP contribution in [0.4, 0.5) is 0 Å². The SMILES string of the molecule is CCNC(=NCC1CC1)NCC1CN(C)CCN1C.I. The van der Waals surface area contributed by atoms with E-state index in [1.54, 1.807) is 0 Å². The second-order valence-corrected chi connectivity index (χ2v) is 5.94. The van der Waals surface area contributed by atoms with Crippen LogP contribution in [0.25, 0.3) is 0 Å². The van der Waals surface area contributed by atoms with Gasteiger partial charge in [0.2, 0.25) is 0 Å². The lowest BCUT2D eigenvalue weighted by Gasteiger charge is -2.37. The standard InChI is InChI=1S/C14H29N5.HI/c1-4-15-14(16-9-12-5-6-12)17-10-13-11-18(2)7-8-19(13)3;/h12-13H,4-11H2,1-3H3,(H2,15,16,17);1H. The van der Waals surface area contributed by atoms with E-state index in [2.05, 4.69) is 46.4 Å². The Labute approximate surface area is 140 Å². The average molecular weight is 395 g/mol. The largest absolute Gasteiger partial charge is 0.357 e. The van der Waals surface area contributed by atoms with Gasteiger partial charge in [0.1, 0.15) is 0 Å². The normalized spacial score (nSPS) is 25.1. The summed E-state index contributed by atoms with van der Waals surface area (Å²) in [6, 6.07) is 0.573. The van der Waals surface area contributed by atoms with Crippen LogP contribution in [0.3, 0.4) is 0 Å². The minimum atomic E-state index is 0. The molecule has 1 unspecified atom stereocenters. The van der Waals surface area contributed by atoms with Gasteiger partial charge in [0.25, 0.3) is 0 Å². The van der Waals surface area contributed by atoms with Gasteiger partial charge in [-0.3, -0.25) is 9.89 Å². The zero-order valence-corrected chi connectivity index (χ0v) is 15.4. The molecule has 2 rings (SSSR count). The highest BCUT2D eigenvalue weighted by molar-refractivity contribution is 14.0. The lowest BCUT2D eigenvalue weighted by atomic mass is 10.2. The minimum absolute atomic E-state index is 0. The quantitative estimate of drug-likeness (QED) is 0.411. The fourth-order valence-electron chi connectivity index (χ4n) is 2.40. The zero-order chi connectivity index (χ0) is 13.7. The molecular formula is C14H30IN5. The highest BCUT2D eigenvalue weighted by atomic mass is 127. The van der Waals surface area contributed by atoms with Crippen molar-refractivity contribution in [3.8, 4) is 0 Å². The maximum absolute atomic E-state index is 4.67. The summed E-state index contributed by atoms with van der Waals surface area (Å²) in [5.41, 5.74) is 0. The Bertz CT molecular complexity index is 306. The van der Waals surface area contributed by atoms with Crippen molar-refractivity contribution < 1.29 is 0 Å². The predicted molar refractivity (Wildman–Crippen MR) is 96.0 cm³/mol. The number of halogens is 1. The minimum Gasteiger partial charge on any atom is -0.357 e. The van der Waals surface area contributed by atoms with Crippen LogP contribution in [-0.2, 0) is 0 Å². The van der Waals surface area contributed by atoms with E-state index in [0.29, 0.717) is 6.04 Å². The van der Waals surface area contributed by atoms with Crippen LogP contribution >= 0.6 is 24.0 Å². The molecule has 5 nitrogen and oxygen atoms in total. The number of piperazine rings is 1. The lowest BCUT2D eigenvalue weighted by Crippen LogP contribution is -2.55. The molecule has 0 aromatic heterocycles. The van der Waals surface area contributed by atoms with E-state index in [9.17, 15) is 0 Å².